The van der Waals surface area contributed by atoms with E-state index in [0.29, 0.717) is 23.7 Å². The molecule has 2 aromatic rings. The van der Waals surface area contributed by atoms with E-state index in [0.717, 1.165) is 5.56 Å². The molecule has 0 fully saturated rings. The van der Waals surface area contributed by atoms with Gasteiger partial charge < -0.3 is 10.0 Å². The van der Waals surface area contributed by atoms with Crippen molar-refractivity contribution in [1.29, 1.82) is 0 Å². The van der Waals surface area contributed by atoms with E-state index in [1.807, 2.05) is 20.2 Å². The lowest BCUT2D eigenvalue weighted by atomic mass is 10.1. The lowest BCUT2D eigenvalue weighted by Gasteiger charge is -2.22. The van der Waals surface area contributed by atoms with Crippen LogP contribution in [0, 0.1) is 0 Å². The zero-order chi connectivity index (χ0) is 16.1. The molecule has 0 aliphatic heterocycles. The highest BCUT2D eigenvalue weighted by atomic mass is 35.5. The number of rotatable bonds is 6. The van der Waals surface area contributed by atoms with Crippen molar-refractivity contribution in [1.82, 2.24) is 14.7 Å². The first kappa shape index (κ1) is 16.5. The SMILES string of the molecule is CCN(Cc1cnn(C)c1)C(=O)CC(O)c1ccc(Cl)cc1. The van der Waals surface area contributed by atoms with E-state index in [1.165, 1.54) is 0 Å². The molecule has 22 heavy (non-hydrogen) atoms. The van der Waals surface area contributed by atoms with E-state index in [9.17, 15) is 9.90 Å². The summed E-state index contributed by atoms with van der Waals surface area (Å²) in [4.78, 5) is 14.1. The van der Waals surface area contributed by atoms with Crippen LogP contribution in [0.4, 0.5) is 0 Å². The van der Waals surface area contributed by atoms with Crippen LogP contribution in [0.5, 0.6) is 0 Å². The maximum Gasteiger partial charge on any atom is 0.225 e. The number of carbonyl (C=O) groups is 1. The summed E-state index contributed by atoms with van der Waals surface area (Å²) in [5.41, 5.74) is 1.66. The van der Waals surface area contributed by atoms with Gasteiger partial charge in [-0.3, -0.25) is 9.48 Å². The van der Waals surface area contributed by atoms with Crippen LogP contribution in [-0.4, -0.2) is 32.2 Å². The summed E-state index contributed by atoms with van der Waals surface area (Å²) in [6.45, 7) is 3.00. The molecule has 1 unspecified atom stereocenters. The van der Waals surface area contributed by atoms with E-state index in [2.05, 4.69) is 5.10 Å². The number of aryl methyl sites for hydroxylation is 1. The van der Waals surface area contributed by atoms with Gasteiger partial charge >= 0.3 is 0 Å². The van der Waals surface area contributed by atoms with Crippen molar-refractivity contribution in [3.05, 3.63) is 52.8 Å². The Hall–Kier alpha value is -1.85. The number of amides is 1. The van der Waals surface area contributed by atoms with Crippen LogP contribution < -0.4 is 0 Å². The molecule has 0 aliphatic rings. The molecule has 1 amide bonds. The smallest absolute Gasteiger partial charge is 0.225 e. The fraction of sp³-hybridized carbons (Fsp3) is 0.375. The van der Waals surface area contributed by atoms with Crippen molar-refractivity contribution >= 4 is 17.5 Å². The number of halogens is 1. The van der Waals surface area contributed by atoms with Crippen molar-refractivity contribution in [2.75, 3.05) is 6.54 Å². The van der Waals surface area contributed by atoms with Gasteiger partial charge in [-0.05, 0) is 24.6 Å². The second-order valence-corrected chi connectivity index (χ2v) is 5.64. The molecule has 0 saturated heterocycles. The van der Waals surface area contributed by atoms with Gasteiger partial charge in [0.2, 0.25) is 5.91 Å². The first-order chi connectivity index (χ1) is 10.5. The molecular formula is C16H20ClN3O2. The van der Waals surface area contributed by atoms with Gasteiger partial charge in [0.15, 0.2) is 0 Å². The highest BCUT2D eigenvalue weighted by molar-refractivity contribution is 6.30. The number of nitrogens with zero attached hydrogens (tertiary/aromatic N) is 3. The molecule has 6 heteroatoms. The zero-order valence-electron chi connectivity index (χ0n) is 12.7. The van der Waals surface area contributed by atoms with Crippen molar-refractivity contribution in [3.63, 3.8) is 0 Å². The highest BCUT2D eigenvalue weighted by Crippen LogP contribution is 2.20. The maximum absolute atomic E-state index is 12.3. The molecule has 5 nitrogen and oxygen atoms in total. The number of aromatic nitrogens is 2. The molecule has 118 valence electrons. The minimum absolute atomic E-state index is 0.0513. The van der Waals surface area contributed by atoms with Crippen LogP contribution >= 0.6 is 11.6 Å². The molecule has 1 aromatic carbocycles. The van der Waals surface area contributed by atoms with Crippen LogP contribution in [0.25, 0.3) is 0 Å². The first-order valence-electron chi connectivity index (χ1n) is 7.18. The highest BCUT2D eigenvalue weighted by Gasteiger charge is 2.18. The lowest BCUT2D eigenvalue weighted by molar-refractivity contribution is -0.133. The zero-order valence-corrected chi connectivity index (χ0v) is 13.5. The Morgan fingerprint density at radius 2 is 2.09 bits per heavy atom. The molecule has 0 aliphatic carbocycles. The van der Waals surface area contributed by atoms with Crippen LogP contribution in [0.2, 0.25) is 5.02 Å². The summed E-state index contributed by atoms with van der Waals surface area (Å²) in [5, 5.41) is 14.9. The normalized spacial score (nSPS) is 12.2. The van der Waals surface area contributed by atoms with Crippen molar-refractivity contribution in [2.24, 2.45) is 7.05 Å². The average molecular weight is 322 g/mol. The Morgan fingerprint density at radius 3 is 2.64 bits per heavy atom. The number of benzene rings is 1. The van der Waals surface area contributed by atoms with Gasteiger partial charge in [-0.25, -0.2) is 0 Å². The fourth-order valence-corrected chi connectivity index (χ4v) is 2.37. The summed E-state index contributed by atoms with van der Waals surface area (Å²) in [6.07, 6.45) is 2.85. The Balaban J connectivity index is 1.97. The Kier molecular flexibility index (Phi) is 5.57. The lowest BCUT2D eigenvalue weighted by Crippen LogP contribution is -2.31. The first-order valence-corrected chi connectivity index (χ1v) is 7.56. The standard InChI is InChI=1S/C16H20ClN3O2/c1-3-20(11-12-9-18-19(2)10-12)16(22)8-15(21)13-4-6-14(17)7-5-13/h4-7,9-10,15,21H,3,8,11H2,1-2H3. The van der Waals surface area contributed by atoms with E-state index < -0.39 is 6.10 Å². The molecule has 0 saturated carbocycles. The molecule has 0 radical (unpaired) electrons. The van der Waals surface area contributed by atoms with Gasteiger partial charge in [-0.15, -0.1) is 0 Å². The van der Waals surface area contributed by atoms with Crippen molar-refractivity contribution < 1.29 is 9.90 Å². The fourth-order valence-electron chi connectivity index (χ4n) is 2.25. The largest absolute Gasteiger partial charge is 0.388 e. The Labute approximate surface area is 135 Å². The summed E-state index contributed by atoms with van der Waals surface area (Å²) >= 11 is 5.82. The molecule has 1 heterocycles. The maximum atomic E-state index is 12.3. The third-order valence-corrected chi connectivity index (χ3v) is 3.74. The molecule has 1 atom stereocenters. The predicted molar refractivity (Wildman–Crippen MR) is 85.3 cm³/mol. The summed E-state index contributed by atoms with van der Waals surface area (Å²) in [7, 11) is 1.84. The quantitative estimate of drug-likeness (QED) is 0.889. The number of aliphatic hydroxyl groups excluding tert-OH is 1. The van der Waals surface area contributed by atoms with Crippen LogP contribution in [-0.2, 0) is 18.4 Å². The molecule has 1 N–H and O–H groups in total. The van der Waals surface area contributed by atoms with E-state index in [1.54, 1.807) is 40.0 Å². The summed E-state index contributed by atoms with van der Waals surface area (Å²) in [6, 6.07) is 6.88. The summed E-state index contributed by atoms with van der Waals surface area (Å²) < 4.78 is 1.70. The second kappa shape index (κ2) is 7.42. The molecular weight excluding hydrogens is 302 g/mol. The van der Waals surface area contributed by atoms with Gasteiger partial charge in [0.05, 0.1) is 18.7 Å². The van der Waals surface area contributed by atoms with E-state index in [4.69, 9.17) is 11.6 Å². The molecule has 0 spiro atoms. The van der Waals surface area contributed by atoms with Gasteiger partial charge in [-0.2, -0.15) is 5.10 Å². The third-order valence-electron chi connectivity index (χ3n) is 3.49. The van der Waals surface area contributed by atoms with Crippen LogP contribution in [0.15, 0.2) is 36.7 Å². The predicted octanol–water partition coefficient (Wildman–Crippen LogP) is 2.55. The third kappa shape index (κ3) is 4.32. The second-order valence-electron chi connectivity index (χ2n) is 5.20. The van der Waals surface area contributed by atoms with Gasteiger partial charge in [0, 0.05) is 36.9 Å². The summed E-state index contributed by atoms with van der Waals surface area (Å²) in [5.74, 6) is -0.0891. The molecule has 1 aromatic heterocycles. The monoisotopic (exact) mass is 321 g/mol. The van der Waals surface area contributed by atoms with Gasteiger partial charge in [0.25, 0.3) is 0 Å². The van der Waals surface area contributed by atoms with Crippen LogP contribution in [0.1, 0.15) is 30.6 Å². The molecule has 2 rings (SSSR count). The van der Waals surface area contributed by atoms with Crippen LogP contribution in [0.3, 0.4) is 0 Å². The van der Waals surface area contributed by atoms with E-state index in [-0.39, 0.29) is 12.3 Å². The minimum atomic E-state index is -0.826. The van der Waals surface area contributed by atoms with E-state index >= 15 is 0 Å². The topological polar surface area (TPSA) is 58.4 Å². The van der Waals surface area contributed by atoms with Gasteiger partial charge in [0.1, 0.15) is 0 Å². The Morgan fingerprint density at radius 1 is 1.41 bits per heavy atom. The number of carbonyl (C=O) groups excluding carboxylic acids is 1. The van der Waals surface area contributed by atoms with Crippen molar-refractivity contribution in [2.45, 2.75) is 26.0 Å². The number of hydrogen-bond donors (Lipinski definition) is 1. The molecule has 0 bridgehead atoms. The Bertz CT molecular complexity index is 625. The van der Waals surface area contributed by atoms with Crippen molar-refractivity contribution in [3.8, 4) is 0 Å². The number of hydrogen-bond acceptors (Lipinski definition) is 3. The number of aliphatic hydroxyl groups is 1. The average Bonchev–Trinajstić information content (AvgIpc) is 2.90. The minimum Gasteiger partial charge on any atom is -0.388 e. The van der Waals surface area contributed by atoms with Gasteiger partial charge in [-0.1, -0.05) is 23.7 Å².